The van der Waals surface area contributed by atoms with E-state index in [4.69, 9.17) is 16.3 Å². The maximum absolute atomic E-state index is 14.3. The Hall–Kier alpha value is -2.21. The molecule has 5 nitrogen and oxygen atoms in total. The van der Waals surface area contributed by atoms with E-state index in [1.54, 1.807) is 11.1 Å². The van der Waals surface area contributed by atoms with E-state index in [-0.39, 0.29) is 44.9 Å². The minimum atomic E-state index is -0.0257. The van der Waals surface area contributed by atoms with E-state index < -0.39 is 0 Å². The molecule has 0 amide bonds. The maximum atomic E-state index is 14.3. The Morgan fingerprint density at radius 1 is 0.895 bits per heavy atom. The number of carbonyl (C=O) groups excluding carboxylic acids is 2. The van der Waals surface area contributed by atoms with Gasteiger partial charge in [0.2, 0.25) is 0 Å². The SMILES string of the molecule is CCOC(=O)C1CC=C(C2=CC[C@]3(C)[C@H]4CC[C@@H]5C6=C(C(C)C)C(=O)C[C@]6(CCN(CCN(C)C)Cc6ccc(Cl)cc6)CC[C@@]5(C)[C@]4(C)CC[C@H]3C2(C)C)CC1. The number of benzene rings is 1. The van der Waals surface area contributed by atoms with Crippen molar-refractivity contribution in [3.8, 4) is 0 Å². The predicted molar refractivity (Wildman–Crippen MR) is 235 cm³/mol. The van der Waals surface area contributed by atoms with Crippen LogP contribution in [-0.4, -0.2) is 61.9 Å². The monoisotopic (exact) mass is 799 g/mol. The van der Waals surface area contributed by atoms with Crippen molar-refractivity contribution in [1.82, 2.24) is 9.80 Å². The molecule has 0 saturated heterocycles. The molecule has 1 aromatic carbocycles. The fourth-order valence-corrected chi connectivity index (χ4v) is 14.7. The van der Waals surface area contributed by atoms with Gasteiger partial charge in [-0.3, -0.25) is 14.5 Å². The zero-order valence-electron chi connectivity index (χ0n) is 37.4. The fraction of sp³-hybridized carbons (Fsp3) is 0.725. The summed E-state index contributed by atoms with van der Waals surface area (Å²) in [6.07, 6.45) is 18.0. The molecule has 0 aliphatic heterocycles. The summed E-state index contributed by atoms with van der Waals surface area (Å²) in [5.41, 5.74) is 7.87. The first kappa shape index (κ1) is 42.9. The summed E-state index contributed by atoms with van der Waals surface area (Å²) in [5.74, 6) is 2.45. The molecule has 0 heterocycles. The van der Waals surface area contributed by atoms with E-state index in [1.807, 2.05) is 19.1 Å². The van der Waals surface area contributed by atoms with E-state index in [0.717, 1.165) is 69.7 Å². The summed E-state index contributed by atoms with van der Waals surface area (Å²) in [5, 5.41) is 0.784. The van der Waals surface area contributed by atoms with Gasteiger partial charge in [-0.15, -0.1) is 0 Å². The Bertz CT molecular complexity index is 1790. The minimum Gasteiger partial charge on any atom is -0.466 e. The van der Waals surface area contributed by atoms with Gasteiger partial charge in [0.1, 0.15) is 0 Å². The molecule has 1 unspecified atom stereocenters. The summed E-state index contributed by atoms with van der Waals surface area (Å²) in [7, 11) is 4.33. The normalized spacial score (nSPS) is 36.1. The molecule has 3 fully saturated rings. The molecule has 6 aliphatic carbocycles. The van der Waals surface area contributed by atoms with Crippen molar-refractivity contribution in [2.24, 2.45) is 56.7 Å². The van der Waals surface area contributed by atoms with E-state index in [1.165, 1.54) is 48.8 Å². The number of ketones is 1. The van der Waals surface area contributed by atoms with Crippen molar-refractivity contribution in [2.75, 3.05) is 40.3 Å². The zero-order valence-corrected chi connectivity index (χ0v) is 38.1. The van der Waals surface area contributed by atoms with Crippen molar-refractivity contribution < 1.29 is 14.3 Å². The van der Waals surface area contributed by atoms with Gasteiger partial charge < -0.3 is 9.64 Å². The molecule has 6 aliphatic rings. The lowest BCUT2D eigenvalue weighted by atomic mass is 9.33. The number of fused-ring (bicyclic) bond motifs is 7. The van der Waals surface area contributed by atoms with Crippen molar-refractivity contribution in [3.63, 3.8) is 0 Å². The number of rotatable bonds is 12. The maximum Gasteiger partial charge on any atom is 0.309 e. The Labute approximate surface area is 351 Å². The van der Waals surface area contributed by atoms with Gasteiger partial charge in [-0.05, 0) is 178 Å². The van der Waals surface area contributed by atoms with Crippen LogP contribution in [0.5, 0.6) is 0 Å². The van der Waals surface area contributed by atoms with Crippen molar-refractivity contribution >= 4 is 23.4 Å². The number of halogens is 1. The highest BCUT2D eigenvalue weighted by Gasteiger charge is 2.69. The summed E-state index contributed by atoms with van der Waals surface area (Å²) in [4.78, 5) is 31.8. The summed E-state index contributed by atoms with van der Waals surface area (Å²) < 4.78 is 5.40. The zero-order chi connectivity index (χ0) is 41.1. The van der Waals surface area contributed by atoms with Crippen LogP contribution < -0.4 is 0 Å². The molecule has 3 saturated carbocycles. The summed E-state index contributed by atoms with van der Waals surface area (Å²) in [6, 6.07) is 8.37. The largest absolute Gasteiger partial charge is 0.466 e. The van der Waals surface area contributed by atoms with Gasteiger partial charge in [-0.2, -0.15) is 0 Å². The molecule has 0 radical (unpaired) electrons. The quantitative estimate of drug-likeness (QED) is 0.197. The molecule has 0 spiro atoms. The highest BCUT2D eigenvalue weighted by atomic mass is 35.5. The Morgan fingerprint density at radius 3 is 2.28 bits per heavy atom. The lowest BCUT2D eigenvalue weighted by molar-refractivity contribution is -0.199. The van der Waals surface area contributed by atoms with Gasteiger partial charge in [-0.1, -0.05) is 89.9 Å². The molecule has 57 heavy (non-hydrogen) atoms. The van der Waals surface area contributed by atoms with E-state index in [0.29, 0.717) is 36.6 Å². The first-order valence-corrected chi connectivity index (χ1v) is 23.2. The average Bonchev–Trinajstić information content (AvgIpc) is 3.46. The van der Waals surface area contributed by atoms with Crippen molar-refractivity contribution in [2.45, 2.75) is 139 Å². The predicted octanol–water partition coefficient (Wildman–Crippen LogP) is 11.9. The average molecular weight is 800 g/mol. The fourth-order valence-electron chi connectivity index (χ4n) is 14.6. The number of likely N-dealkylation sites (N-methyl/N-ethyl adjacent to an activating group) is 1. The second-order valence-corrected chi connectivity index (χ2v) is 21.9. The number of nitrogens with zero attached hydrogens (tertiary/aromatic N) is 2. The minimum absolute atomic E-state index is 0.00433. The molecule has 8 atom stereocenters. The second-order valence-electron chi connectivity index (χ2n) is 21.4. The lowest BCUT2D eigenvalue weighted by Gasteiger charge is -2.71. The molecular formula is C51H75ClN2O3. The molecule has 0 aromatic heterocycles. The highest BCUT2D eigenvalue weighted by molar-refractivity contribution is 6.30. The van der Waals surface area contributed by atoms with Crippen LogP contribution in [0.4, 0.5) is 0 Å². The van der Waals surface area contributed by atoms with Crippen LogP contribution in [0.25, 0.3) is 0 Å². The summed E-state index contributed by atoms with van der Waals surface area (Å²) >= 11 is 6.28. The first-order chi connectivity index (χ1) is 26.9. The Balaban J connectivity index is 1.16. The second kappa shape index (κ2) is 16.0. The molecule has 6 heteroatoms. The third-order valence-corrected chi connectivity index (χ3v) is 17.9. The number of Topliss-reactive ketones (excluding diaryl/α,β-unsaturated/α-hetero) is 1. The number of carbonyl (C=O) groups is 2. The topological polar surface area (TPSA) is 49.9 Å². The van der Waals surface area contributed by atoms with Gasteiger partial charge in [-0.25, -0.2) is 0 Å². The van der Waals surface area contributed by atoms with Crippen LogP contribution in [0.3, 0.4) is 0 Å². The third-order valence-electron chi connectivity index (χ3n) is 17.6. The standard InChI is InChI=1S/C51H75ClN2O3/c1-11-57-46(56)37-16-14-36(15-17-37)39-22-24-48(6)42(47(39,4)5)23-25-50(8)43(48)21-20-40-45-44(34(2)3)41(55)32-51(45,27-26-49(40,50)7)28-29-54(31-30-53(9)10)33-35-12-18-38(52)19-13-35/h12-14,18-19,22,34,37,40,42-43H,11,15-17,20-21,23-33H2,1-10H3/t37?,40-,42+,43-,48+,49-,50-,51-/m1/s1. The van der Waals surface area contributed by atoms with Gasteiger partial charge >= 0.3 is 5.97 Å². The molecule has 0 bridgehead atoms. The molecular weight excluding hydrogens is 724 g/mol. The highest BCUT2D eigenvalue weighted by Crippen LogP contribution is 2.77. The Kier molecular flexibility index (Phi) is 12.0. The first-order valence-electron chi connectivity index (χ1n) is 22.9. The van der Waals surface area contributed by atoms with Crippen LogP contribution in [0.1, 0.15) is 138 Å². The van der Waals surface area contributed by atoms with Crippen LogP contribution in [0.2, 0.25) is 5.02 Å². The van der Waals surface area contributed by atoms with Gasteiger partial charge in [0, 0.05) is 36.5 Å². The number of hydrogen-bond acceptors (Lipinski definition) is 5. The summed E-state index contributed by atoms with van der Waals surface area (Å²) in [6.45, 7) is 24.1. The molecule has 7 rings (SSSR count). The van der Waals surface area contributed by atoms with E-state index >= 15 is 0 Å². The third kappa shape index (κ3) is 7.38. The number of hydrogen-bond donors (Lipinski definition) is 0. The van der Waals surface area contributed by atoms with E-state index in [9.17, 15) is 9.59 Å². The van der Waals surface area contributed by atoms with Crippen LogP contribution in [0.15, 0.2) is 58.7 Å². The molecule has 0 N–H and O–H groups in total. The van der Waals surface area contributed by atoms with Crippen LogP contribution in [0, 0.1) is 56.7 Å². The Morgan fingerprint density at radius 2 is 1.63 bits per heavy atom. The molecule has 1 aromatic rings. The molecule has 314 valence electrons. The van der Waals surface area contributed by atoms with Crippen LogP contribution in [-0.2, 0) is 20.9 Å². The van der Waals surface area contributed by atoms with Crippen LogP contribution >= 0.6 is 11.6 Å². The van der Waals surface area contributed by atoms with Crippen molar-refractivity contribution in [1.29, 1.82) is 0 Å². The smallest absolute Gasteiger partial charge is 0.309 e. The van der Waals surface area contributed by atoms with Gasteiger partial charge in [0.25, 0.3) is 0 Å². The van der Waals surface area contributed by atoms with Gasteiger partial charge in [0.15, 0.2) is 5.78 Å². The van der Waals surface area contributed by atoms with Gasteiger partial charge in [0.05, 0.1) is 12.5 Å². The number of allylic oxidation sites excluding steroid dienone is 6. The lowest BCUT2D eigenvalue weighted by Crippen LogP contribution is -2.64. The van der Waals surface area contributed by atoms with Crippen molar-refractivity contribution in [3.05, 3.63) is 69.3 Å². The van der Waals surface area contributed by atoms with E-state index in [2.05, 4.69) is 96.6 Å². The number of ether oxygens (including phenoxy) is 1. The number of esters is 1.